The van der Waals surface area contributed by atoms with Gasteiger partial charge in [-0.05, 0) is 33.6 Å². The van der Waals surface area contributed by atoms with Crippen molar-refractivity contribution in [3.05, 3.63) is 20.8 Å². The van der Waals surface area contributed by atoms with Crippen molar-refractivity contribution in [3.8, 4) is 0 Å². The number of nitrogens with zero attached hydrogens (tertiary/aromatic N) is 4. The van der Waals surface area contributed by atoms with E-state index in [0.717, 1.165) is 22.6 Å². The van der Waals surface area contributed by atoms with Crippen LogP contribution in [0.5, 0.6) is 0 Å². The molecule has 4 nitrogen and oxygen atoms in total. The molecule has 15 heavy (non-hydrogen) atoms. The van der Waals surface area contributed by atoms with Crippen LogP contribution in [0.2, 0.25) is 0 Å². The molecule has 7 heteroatoms. The van der Waals surface area contributed by atoms with E-state index in [1.165, 1.54) is 16.4 Å². The molecular formula is C8H9BrN4S2. The summed E-state index contributed by atoms with van der Waals surface area (Å²) in [5.41, 5.74) is 0. The van der Waals surface area contributed by atoms with Crippen molar-refractivity contribution in [2.45, 2.75) is 6.42 Å². The molecule has 2 aromatic rings. The lowest BCUT2D eigenvalue weighted by Gasteiger charge is -2.12. The molecule has 2 rings (SSSR count). The number of likely N-dealkylation sites (N-methyl/N-ethyl adjacent to an activating group) is 1. The van der Waals surface area contributed by atoms with Crippen LogP contribution >= 0.6 is 38.8 Å². The number of anilines is 1. The van der Waals surface area contributed by atoms with Gasteiger partial charge in [-0.3, -0.25) is 0 Å². The van der Waals surface area contributed by atoms with Crippen molar-refractivity contribution >= 4 is 43.9 Å². The fraction of sp³-hybridized carbons (Fsp3) is 0.375. The standard InChI is InChI=1S/C8H9BrN4S2/c1-13(8-10-11-12-15-8)3-2-7-4-6(9)5-14-7/h4-5H,2-3H2,1H3. The van der Waals surface area contributed by atoms with Gasteiger partial charge >= 0.3 is 0 Å². The molecule has 0 radical (unpaired) electrons. The van der Waals surface area contributed by atoms with Crippen LogP contribution in [0.3, 0.4) is 0 Å². The topological polar surface area (TPSA) is 41.9 Å². The van der Waals surface area contributed by atoms with Crippen molar-refractivity contribution in [3.63, 3.8) is 0 Å². The molecule has 0 atom stereocenters. The molecule has 0 spiro atoms. The maximum atomic E-state index is 3.91. The van der Waals surface area contributed by atoms with Crippen LogP contribution in [0.4, 0.5) is 5.13 Å². The minimum absolute atomic E-state index is 0.866. The molecule has 0 bridgehead atoms. The zero-order valence-electron chi connectivity index (χ0n) is 8.05. The average molecular weight is 305 g/mol. The van der Waals surface area contributed by atoms with Crippen molar-refractivity contribution in [1.82, 2.24) is 14.8 Å². The zero-order valence-corrected chi connectivity index (χ0v) is 11.3. The third-order valence-electron chi connectivity index (χ3n) is 1.93. The van der Waals surface area contributed by atoms with Gasteiger partial charge in [0.05, 0.1) is 0 Å². The maximum absolute atomic E-state index is 3.91. The molecule has 80 valence electrons. The lowest BCUT2D eigenvalue weighted by atomic mass is 10.3. The summed E-state index contributed by atoms with van der Waals surface area (Å²) in [6.07, 6.45) is 1.02. The maximum Gasteiger partial charge on any atom is 0.227 e. The Labute approximate surface area is 104 Å². The first-order valence-electron chi connectivity index (χ1n) is 4.35. The number of hydrogen-bond acceptors (Lipinski definition) is 6. The van der Waals surface area contributed by atoms with Crippen LogP contribution in [0.15, 0.2) is 15.9 Å². The van der Waals surface area contributed by atoms with Crippen molar-refractivity contribution in [1.29, 1.82) is 0 Å². The Kier molecular flexibility index (Phi) is 3.66. The van der Waals surface area contributed by atoms with Crippen molar-refractivity contribution in [2.24, 2.45) is 0 Å². The van der Waals surface area contributed by atoms with Gasteiger partial charge in [0.15, 0.2) is 0 Å². The number of aromatic nitrogens is 3. The lowest BCUT2D eigenvalue weighted by molar-refractivity contribution is 0.855. The summed E-state index contributed by atoms with van der Waals surface area (Å²) in [5, 5.41) is 10.5. The second-order valence-electron chi connectivity index (χ2n) is 3.05. The Morgan fingerprint density at radius 2 is 2.40 bits per heavy atom. The molecule has 0 aliphatic carbocycles. The fourth-order valence-electron chi connectivity index (χ4n) is 1.13. The Morgan fingerprint density at radius 1 is 1.53 bits per heavy atom. The molecule has 0 saturated carbocycles. The van der Waals surface area contributed by atoms with Gasteiger partial charge in [0.1, 0.15) is 0 Å². The Morgan fingerprint density at radius 3 is 3.00 bits per heavy atom. The normalized spacial score (nSPS) is 10.5. The highest BCUT2D eigenvalue weighted by molar-refractivity contribution is 9.10. The first-order valence-corrected chi connectivity index (χ1v) is 6.79. The summed E-state index contributed by atoms with van der Waals surface area (Å²) in [4.78, 5) is 3.43. The molecule has 0 aromatic carbocycles. The van der Waals surface area contributed by atoms with Gasteiger partial charge in [-0.15, -0.1) is 11.3 Å². The minimum atomic E-state index is 0.866. The van der Waals surface area contributed by atoms with Gasteiger partial charge in [0.25, 0.3) is 0 Å². The van der Waals surface area contributed by atoms with Gasteiger partial charge in [-0.1, -0.05) is 9.59 Å². The summed E-state index contributed by atoms with van der Waals surface area (Å²) in [7, 11) is 2.00. The van der Waals surface area contributed by atoms with E-state index in [0.29, 0.717) is 0 Å². The van der Waals surface area contributed by atoms with Crippen LogP contribution in [-0.4, -0.2) is 28.4 Å². The summed E-state index contributed by atoms with van der Waals surface area (Å²) >= 11 is 6.53. The lowest BCUT2D eigenvalue weighted by Crippen LogP contribution is -2.19. The van der Waals surface area contributed by atoms with Crippen LogP contribution in [-0.2, 0) is 6.42 Å². The summed E-state index contributed by atoms with van der Waals surface area (Å²) in [6.45, 7) is 0.934. The predicted octanol–water partition coefficient (Wildman–Crippen LogP) is 2.44. The SMILES string of the molecule is CN(CCc1cc(Br)cs1)c1nnns1. The van der Waals surface area contributed by atoms with E-state index < -0.39 is 0 Å². The summed E-state index contributed by atoms with van der Waals surface area (Å²) < 4.78 is 4.89. The van der Waals surface area contributed by atoms with Crippen molar-refractivity contribution in [2.75, 3.05) is 18.5 Å². The first kappa shape index (κ1) is 11.0. The van der Waals surface area contributed by atoms with Crippen molar-refractivity contribution < 1.29 is 0 Å². The van der Waals surface area contributed by atoms with E-state index in [2.05, 4.69) is 47.1 Å². The molecule has 2 heterocycles. The van der Waals surface area contributed by atoms with Crippen LogP contribution in [0, 0.1) is 0 Å². The third-order valence-corrected chi connectivity index (χ3v) is 4.40. The number of rotatable bonds is 4. The van der Waals surface area contributed by atoms with Crippen LogP contribution in [0.25, 0.3) is 0 Å². The molecule has 0 unspecified atom stereocenters. The molecule has 0 saturated heterocycles. The third kappa shape index (κ3) is 2.96. The van der Waals surface area contributed by atoms with Gasteiger partial charge in [0, 0.05) is 39.9 Å². The van der Waals surface area contributed by atoms with E-state index >= 15 is 0 Å². The molecular weight excluding hydrogens is 296 g/mol. The summed E-state index contributed by atoms with van der Waals surface area (Å²) in [6, 6.07) is 2.15. The number of halogens is 1. The van der Waals surface area contributed by atoms with Gasteiger partial charge in [0.2, 0.25) is 5.13 Å². The molecule has 0 aliphatic heterocycles. The fourth-order valence-corrected chi connectivity index (χ4v) is 3.03. The van der Waals surface area contributed by atoms with E-state index in [1.54, 1.807) is 11.3 Å². The van der Waals surface area contributed by atoms with Gasteiger partial charge < -0.3 is 4.90 Å². The van der Waals surface area contributed by atoms with E-state index in [1.807, 2.05) is 7.05 Å². The highest BCUT2D eigenvalue weighted by Gasteiger charge is 2.06. The van der Waals surface area contributed by atoms with Crippen LogP contribution in [0.1, 0.15) is 4.88 Å². The zero-order chi connectivity index (χ0) is 10.7. The smallest absolute Gasteiger partial charge is 0.227 e. The van der Waals surface area contributed by atoms with E-state index in [-0.39, 0.29) is 0 Å². The second-order valence-corrected chi connectivity index (χ2v) is 5.67. The Balaban J connectivity index is 1.88. The largest absolute Gasteiger partial charge is 0.348 e. The molecule has 0 fully saturated rings. The van der Waals surface area contributed by atoms with E-state index in [4.69, 9.17) is 0 Å². The average Bonchev–Trinajstić information content (AvgIpc) is 2.84. The molecule has 2 aromatic heterocycles. The summed E-state index contributed by atoms with van der Waals surface area (Å²) in [5.74, 6) is 0. The minimum Gasteiger partial charge on any atom is -0.348 e. The monoisotopic (exact) mass is 304 g/mol. The number of hydrogen-bond donors (Lipinski definition) is 0. The first-order chi connectivity index (χ1) is 7.25. The Bertz CT molecular complexity index is 414. The van der Waals surface area contributed by atoms with Gasteiger partial charge in [-0.2, -0.15) is 0 Å². The highest BCUT2D eigenvalue weighted by atomic mass is 79.9. The molecule has 0 amide bonds. The van der Waals surface area contributed by atoms with Crippen LogP contribution < -0.4 is 4.90 Å². The quantitative estimate of drug-likeness (QED) is 0.870. The second kappa shape index (κ2) is 5.00. The van der Waals surface area contributed by atoms with E-state index in [9.17, 15) is 0 Å². The Hall–Kier alpha value is -0.530. The molecule has 0 aliphatic rings. The molecule has 0 N–H and O–H groups in total. The van der Waals surface area contributed by atoms with Gasteiger partial charge in [-0.25, -0.2) is 0 Å². The highest BCUT2D eigenvalue weighted by Crippen LogP contribution is 2.21. The number of thiophene rings is 1. The predicted molar refractivity (Wildman–Crippen MR) is 66.7 cm³/mol.